The third kappa shape index (κ3) is 5.26. The van der Waals surface area contributed by atoms with Crippen LogP contribution in [0.25, 0.3) is 0 Å². The molecule has 0 fully saturated rings. The van der Waals surface area contributed by atoms with Crippen molar-refractivity contribution in [2.75, 3.05) is 0 Å². The summed E-state index contributed by atoms with van der Waals surface area (Å²) in [5, 5.41) is 9.76. The van der Waals surface area contributed by atoms with Gasteiger partial charge in [-0.1, -0.05) is 19.8 Å². The summed E-state index contributed by atoms with van der Waals surface area (Å²) in [7, 11) is 0. The third-order valence-corrected chi connectivity index (χ3v) is 2.90. The molecule has 0 amide bonds. The van der Waals surface area contributed by atoms with Crippen LogP contribution in [-0.2, 0) is 6.18 Å². The van der Waals surface area contributed by atoms with Crippen LogP contribution in [0.4, 0.5) is 17.6 Å². The number of halogens is 5. The van der Waals surface area contributed by atoms with Crippen molar-refractivity contribution in [3.05, 3.63) is 35.1 Å². The van der Waals surface area contributed by atoms with E-state index in [4.69, 9.17) is 5.73 Å². The summed E-state index contributed by atoms with van der Waals surface area (Å²) in [5.74, 6) is -1.01. The summed E-state index contributed by atoms with van der Waals surface area (Å²) in [6.45, 7) is 1.92. The summed E-state index contributed by atoms with van der Waals surface area (Å²) >= 11 is 0. The Morgan fingerprint density at radius 3 is 2.35 bits per heavy atom. The highest BCUT2D eigenvalue weighted by molar-refractivity contribution is 5.85. The van der Waals surface area contributed by atoms with Crippen molar-refractivity contribution in [2.24, 2.45) is 5.73 Å². The molecule has 2 nitrogen and oxygen atoms in total. The number of hydrogen-bond donors (Lipinski definition) is 2. The first kappa shape index (κ1) is 19.1. The van der Waals surface area contributed by atoms with E-state index in [1.165, 1.54) is 0 Å². The Labute approximate surface area is 121 Å². The first-order valence-corrected chi connectivity index (χ1v) is 6.07. The van der Waals surface area contributed by atoms with E-state index in [1.807, 2.05) is 6.92 Å². The monoisotopic (exact) mass is 315 g/mol. The van der Waals surface area contributed by atoms with Gasteiger partial charge in [-0.05, 0) is 30.2 Å². The number of nitrogens with two attached hydrogens (primary N) is 1. The zero-order chi connectivity index (χ0) is 14.6. The normalized spacial score (nSPS) is 14.6. The smallest absolute Gasteiger partial charge is 0.391 e. The van der Waals surface area contributed by atoms with Gasteiger partial charge in [0.1, 0.15) is 5.82 Å². The second-order valence-electron chi connectivity index (χ2n) is 4.51. The summed E-state index contributed by atoms with van der Waals surface area (Å²) in [6, 6.07) is 1.09. The van der Waals surface area contributed by atoms with Gasteiger partial charge in [0.05, 0.1) is 17.7 Å². The minimum Gasteiger partial charge on any atom is -0.391 e. The van der Waals surface area contributed by atoms with Gasteiger partial charge in [0.2, 0.25) is 0 Å². The van der Waals surface area contributed by atoms with Gasteiger partial charge in [-0.25, -0.2) is 4.39 Å². The quantitative estimate of drug-likeness (QED) is 0.811. The number of benzene rings is 1. The lowest BCUT2D eigenvalue weighted by Gasteiger charge is -2.20. The molecule has 116 valence electrons. The minimum atomic E-state index is -4.63. The molecule has 7 heteroatoms. The van der Waals surface area contributed by atoms with Crippen LogP contribution in [0.15, 0.2) is 18.2 Å². The summed E-state index contributed by atoms with van der Waals surface area (Å²) < 4.78 is 50.8. The average molecular weight is 316 g/mol. The SMILES string of the molecule is CCCC[C@@H](O)[C@@H](N)c1cc(F)cc(C(F)(F)F)c1.Cl. The fourth-order valence-electron chi connectivity index (χ4n) is 1.78. The topological polar surface area (TPSA) is 46.2 Å². The predicted octanol–water partition coefficient (Wildman–Crippen LogP) is 3.82. The largest absolute Gasteiger partial charge is 0.416 e. The summed E-state index contributed by atoms with van der Waals surface area (Å²) in [4.78, 5) is 0. The highest BCUT2D eigenvalue weighted by Gasteiger charge is 2.32. The molecule has 1 aromatic carbocycles. The van der Waals surface area contributed by atoms with E-state index in [1.54, 1.807) is 0 Å². The number of rotatable bonds is 5. The molecule has 0 aliphatic heterocycles. The molecule has 1 rings (SSSR count). The van der Waals surface area contributed by atoms with Crippen LogP contribution >= 0.6 is 12.4 Å². The summed E-state index contributed by atoms with van der Waals surface area (Å²) in [6.07, 6.45) is -3.71. The first-order valence-electron chi connectivity index (χ1n) is 6.07. The van der Waals surface area contributed by atoms with Gasteiger partial charge in [0.15, 0.2) is 0 Å². The Morgan fingerprint density at radius 1 is 1.25 bits per heavy atom. The van der Waals surface area contributed by atoms with Crippen LogP contribution in [0.1, 0.15) is 43.4 Å². The highest BCUT2D eigenvalue weighted by atomic mass is 35.5. The van der Waals surface area contributed by atoms with Crippen LogP contribution in [0.5, 0.6) is 0 Å². The minimum absolute atomic E-state index is 0. The maximum Gasteiger partial charge on any atom is 0.416 e. The molecule has 0 saturated carbocycles. The van der Waals surface area contributed by atoms with Gasteiger partial charge in [-0.3, -0.25) is 0 Å². The molecular formula is C13H18ClF4NO. The van der Waals surface area contributed by atoms with Gasteiger partial charge < -0.3 is 10.8 Å². The van der Waals surface area contributed by atoms with E-state index in [0.717, 1.165) is 18.6 Å². The zero-order valence-corrected chi connectivity index (χ0v) is 11.8. The maximum atomic E-state index is 13.2. The second kappa shape index (κ2) is 7.81. The molecule has 0 aliphatic rings. The van der Waals surface area contributed by atoms with Gasteiger partial charge in [-0.2, -0.15) is 13.2 Å². The lowest BCUT2D eigenvalue weighted by Crippen LogP contribution is -2.26. The number of aliphatic hydroxyl groups is 1. The molecule has 0 radical (unpaired) electrons. The molecule has 0 spiro atoms. The molecule has 1 aromatic rings. The molecule has 20 heavy (non-hydrogen) atoms. The molecule has 0 unspecified atom stereocenters. The van der Waals surface area contributed by atoms with Gasteiger partial charge in [0.25, 0.3) is 0 Å². The molecule has 3 N–H and O–H groups in total. The standard InChI is InChI=1S/C13H17F4NO.ClH/c1-2-3-4-11(19)12(18)8-5-9(13(15,16)17)7-10(14)6-8;/h5-7,11-12,19H,2-4,18H2,1H3;1H/t11-,12+;/m1./s1. The van der Waals surface area contributed by atoms with E-state index in [-0.39, 0.29) is 18.0 Å². The Bertz CT molecular complexity index is 425. The van der Waals surface area contributed by atoms with E-state index in [0.29, 0.717) is 18.9 Å². The van der Waals surface area contributed by atoms with Gasteiger partial charge >= 0.3 is 6.18 Å². The lowest BCUT2D eigenvalue weighted by molar-refractivity contribution is -0.137. The zero-order valence-electron chi connectivity index (χ0n) is 11.0. The fourth-order valence-corrected chi connectivity index (χ4v) is 1.78. The van der Waals surface area contributed by atoms with Crippen molar-refractivity contribution >= 4 is 12.4 Å². The molecular weight excluding hydrogens is 298 g/mol. The van der Waals surface area contributed by atoms with E-state index in [2.05, 4.69) is 0 Å². The fraction of sp³-hybridized carbons (Fsp3) is 0.538. The average Bonchev–Trinajstić information content (AvgIpc) is 2.33. The van der Waals surface area contributed by atoms with Crippen LogP contribution < -0.4 is 5.73 Å². The molecule has 2 atom stereocenters. The van der Waals surface area contributed by atoms with Gasteiger partial charge in [-0.15, -0.1) is 12.4 Å². The Kier molecular flexibility index (Phi) is 7.47. The second-order valence-corrected chi connectivity index (χ2v) is 4.51. The Balaban J connectivity index is 0.00000361. The van der Waals surface area contributed by atoms with Crippen LogP contribution in [0, 0.1) is 5.82 Å². The number of alkyl halides is 3. The number of hydrogen-bond acceptors (Lipinski definition) is 2. The van der Waals surface area contributed by atoms with Crippen molar-refractivity contribution in [1.82, 2.24) is 0 Å². The molecule has 0 aromatic heterocycles. The first-order chi connectivity index (χ1) is 8.75. The molecule has 0 saturated heterocycles. The van der Waals surface area contributed by atoms with E-state index < -0.39 is 29.7 Å². The van der Waals surface area contributed by atoms with Crippen molar-refractivity contribution in [1.29, 1.82) is 0 Å². The van der Waals surface area contributed by atoms with E-state index >= 15 is 0 Å². The van der Waals surface area contributed by atoms with Crippen molar-refractivity contribution < 1.29 is 22.7 Å². The Morgan fingerprint density at radius 2 is 1.85 bits per heavy atom. The van der Waals surface area contributed by atoms with Crippen LogP contribution in [0.2, 0.25) is 0 Å². The van der Waals surface area contributed by atoms with E-state index in [9.17, 15) is 22.7 Å². The molecule has 0 aliphatic carbocycles. The number of unbranched alkanes of at least 4 members (excludes halogenated alkanes) is 1. The molecule has 0 heterocycles. The summed E-state index contributed by atoms with van der Waals surface area (Å²) in [5.41, 5.74) is 4.53. The lowest BCUT2D eigenvalue weighted by atomic mass is 9.96. The predicted molar refractivity (Wildman–Crippen MR) is 71.1 cm³/mol. The van der Waals surface area contributed by atoms with Crippen molar-refractivity contribution in [3.8, 4) is 0 Å². The molecule has 0 bridgehead atoms. The van der Waals surface area contributed by atoms with Crippen molar-refractivity contribution in [2.45, 2.75) is 44.5 Å². The van der Waals surface area contributed by atoms with Crippen LogP contribution in [-0.4, -0.2) is 11.2 Å². The van der Waals surface area contributed by atoms with Crippen LogP contribution in [0.3, 0.4) is 0 Å². The van der Waals surface area contributed by atoms with Gasteiger partial charge in [0, 0.05) is 0 Å². The number of aliphatic hydroxyl groups excluding tert-OH is 1. The third-order valence-electron chi connectivity index (χ3n) is 2.90. The maximum absolute atomic E-state index is 13.2. The van der Waals surface area contributed by atoms with Crippen molar-refractivity contribution in [3.63, 3.8) is 0 Å². The highest BCUT2D eigenvalue weighted by Crippen LogP contribution is 2.32. The Hall–Kier alpha value is -0.850.